The smallest absolute Gasteiger partial charge is 0.123 e. The zero-order valence-electron chi connectivity index (χ0n) is 15.0. The molecule has 3 aromatic rings. The van der Waals surface area contributed by atoms with E-state index < -0.39 is 6.10 Å². The molecule has 0 saturated heterocycles. The van der Waals surface area contributed by atoms with E-state index in [0.717, 1.165) is 30.3 Å². The first kappa shape index (κ1) is 18.5. The van der Waals surface area contributed by atoms with Crippen LogP contribution in [0.15, 0.2) is 60.9 Å². The summed E-state index contributed by atoms with van der Waals surface area (Å²) in [7, 11) is 0. The van der Waals surface area contributed by atoms with Crippen LogP contribution in [-0.2, 0) is 6.54 Å². The van der Waals surface area contributed by atoms with Gasteiger partial charge in [-0.15, -0.1) is 0 Å². The van der Waals surface area contributed by atoms with Gasteiger partial charge in [0.1, 0.15) is 5.82 Å². The summed E-state index contributed by atoms with van der Waals surface area (Å²) in [6.45, 7) is 2.98. The Morgan fingerprint density at radius 2 is 1.85 bits per heavy atom. The highest BCUT2D eigenvalue weighted by atomic mass is 19.1. The molecule has 0 saturated carbocycles. The van der Waals surface area contributed by atoms with E-state index in [4.69, 9.17) is 0 Å². The highest BCUT2D eigenvalue weighted by Gasteiger charge is 2.09. The molecule has 3 nitrogen and oxygen atoms in total. The van der Waals surface area contributed by atoms with E-state index in [1.807, 2.05) is 18.5 Å². The molecule has 0 radical (unpaired) electrons. The topological polar surface area (TPSA) is 45.1 Å². The number of nitrogens with one attached hydrogen (secondary N) is 1. The van der Waals surface area contributed by atoms with Crippen LogP contribution in [0, 0.1) is 5.82 Å². The van der Waals surface area contributed by atoms with Gasteiger partial charge in [0.2, 0.25) is 0 Å². The molecule has 0 bridgehead atoms. The molecular weight excluding hydrogens is 327 g/mol. The molecule has 2 aromatic carbocycles. The van der Waals surface area contributed by atoms with Crippen molar-refractivity contribution < 1.29 is 9.50 Å². The summed E-state index contributed by atoms with van der Waals surface area (Å²) < 4.78 is 12.9. The molecular formula is C22H25FN2O. The zero-order valence-corrected chi connectivity index (χ0v) is 15.0. The number of halogens is 1. The summed E-state index contributed by atoms with van der Waals surface area (Å²) in [4.78, 5) is 4.14. The number of pyridine rings is 1. The van der Waals surface area contributed by atoms with Crippen LogP contribution in [0.4, 0.5) is 4.39 Å². The molecule has 2 atom stereocenters. The molecule has 0 unspecified atom stereocenters. The van der Waals surface area contributed by atoms with E-state index in [0.29, 0.717) is 12.5 Å². The minimum absolute atomic E-state index is 0.274. The summed E-state index contributed by atoms with van der Waals surface area (Å²) >= 11 is 0. The molecule has 0 fully saturated rings. The lowest BCUT2D eigenvalue weighted by Gasteiger charge is -2.16. The molecule has 0 aliphatic carbocycles. The molecule has 2 N–H and O–H groups in total. The van der Waals surface area contributed by atoms with Crippen molar-refractivity contribution in [1.29, 1.82) is 0 Å². The Balaban J connectivity index is 1.42. The molecule has 1 heterocycles. The van der Waals surface area contributed by atoms with Gasteiger partial charge in [-0.1, -0.05) is 24.3 Å². The Morgan fingerprint density at radius 3 is 2.65 bits per heavy atom. The third-order valence-electron chi connectivity index (χ3n) is 4.73. The first-order chi connectivity index (χ1) is 12.6. The summed E-state index contributed by atoms with van der Waals surface area (Å²) in [5, 5.41) is 16.1. The summed E-state index contributed by atoms with van der Waals surface area (Å²) in [5.41, 5.74) is 2.03. The molecule has 0 amide bonds. The van der Waals surface area contributed by atoms with E-state index in [1.54, 1.807) is 12.1 Å². The second kappa shape index (κ2) is 8.88. The molecule has 0 spiro atoms. The van der Waals surface area contributed by atoms with Gasteiger partial charge in [-0.2, -0.15) is 0 Å². The lowest BCUT2D eigenvalue weighted by molar-refractivity contribution is 0.162. The predicted octanol–water partition coefficient (Wildman–Crippen LogP) is 4.76. The fraction of sp³-hybridized carbons (Fsp3) is 0.318. The average Bonchev–Trinajstić information content (AvgIpc) is 2.66. The van der Waals surface area contributed by atoms with Crippen LogP contribution in [0.25, 0.3) is 10.8 Å². The lowest BCUT2D eigenvalue weighted by atomic mass is 10.0. The molecule has 136 valence electrons. The Kier molecular flexibility index (Phi) is 6.31. The number of rotatable bonds is 8. The summed E-state index contributed by atoms with van der Waals surface area (Å²) in [5.74, 6) is -0.274. The normalized spacial score (nSPS) is 13.7. The molecule has 26 heavy (non-hydrogen) atoms. The van der Waals surface area contributed by atoms with Gasteiger partial charge < -0.3 is 10.4 Å². The van der Waals surface area contributed by atoms with Gasteiger partial charge in [0.05, 0.1) is 6.10 Å². The van der Waals surface area contributed by atoms with Gasteiger partial charge in [-0.25, -0.2) is 4.39 Å². The maximum atomic E-state index is 12.9. The Bertz CT molecular complexity index is 835. The van der Waals surface area contributed by atoms with Crippen LogP contribution in [0.5, 0.6) is 0 Å². The third kappa shape index (κ3) is 5.10. The van der Waals surface area contributed by atoms with Crippen LogP contribution in [0.2, 0.25) is 0 Å². The van der Waals surface area contributed by atoms with Crippen LogP contribution in [-0.4, -0.2) is 16.1 Å². The Hall–Kier alpha value is -2.30. The van der Waals surface area contributed by atoms with E-state index >= 15 is 0 Å². The first-order valence-corrected chi connectivity index (χ1v) is 9.11. The van der Waals surface area contributed by atoms with Gasteiger partial charge in [-0.3, -0.25) is 4.98 Å². The number of aliphatic hydroxyl groups excluding tert-OH is 1. The minimum atomic E-state index is -0.531. The van der Waals surface area contributed by atoms with Gasteiger partial charge in [0, 0.05) is 30.4 Å². The van der Waals surface area contributed by atoms with Crippen LogP contribution < -0.4 is 5.32 Å². The van der Waals surface area contributed by atoms with Crippen molar-refractivity contribution in [3.05, 3.63) is 77.9 Å². The van der Waals surface area contributed by atoms with Crippen LogP contribution in [0.1, 0.15) is 43.4 Å². The largest absolute Gasteiger partial charge is 0.388 e. The molecule has 3 rings (SSSR count). The maximum absolute atomic E-state index is 12.9. The Morgan fingerprint density at radius 1 is 1.04 bits per heavy atom. The van der Waals surface area contributed by atoms with E-state index in [-0.39, 0.29) is 5.82 Å². The second-order valence-corrected chi connectivity index (χ2v) is 6.84. The number of benzene rings is 2. The minimum Gasteiger partial charge on any atom is -0.388 e. The highest BCUT2D eigenvalue weighted by molar-refractivity contribution is 5.81. The van der Waals surface area contributed by atoms with Crippen molar-refractivity contribution in [2.24, 2.45) is 0 Å². The van der Waals surface area contributed by atoms with Crippen molar-refractivity contribution in [2.75, 3.05) is 0 Å². The lowest BCUT2D eigenvalue weighted by Crippen LogP contribution is -2.25. The van der Waals surface area contributed by atoms with Crippen molar-refractivity contribution in [3.8, 4) is 0 Å². The zero-order chi connectivity index (χ0) is 18.4. The molecule has 4 heteroatoms. The van der Waals surface area contributed by atoms with E-state index in [2.05, 4.69) is 35.4 Å². The average molecular weight is 352 g/mol. The van der Waals surface area contributed by atoms with Crippen LogP contribution >= 0.6 is 0 Å². The van der Waals surface area contributed by atoms with Gasteiger partial charge in [0.15, 0.2) is 0 Å². The van der Waals surface area contributed by atoms with Gasteiger partial charge in [-0.05, 0) is 67.0 Å². The van der Waals surface area contributed by atoms with Crippen LogP contribution in [0.3, 0.4) is 0 Å². The monoisotopic (exact) mass is 352 g/mol. The van der Waals surface area contributed by atoms with Crippen molar-refractivity contribution in [1.82, 2.24) is 10.3 Å². The fourth-order valence-corrected chi connectivity index (χ4v) is 3.11. The third-order valence-corrected chi connectivity index (χ3v) is 4.73. The van der Waals surface area contributed by atoms with Crippen molar-refractivity contribution in [3.63, 3.8) is 0 Å². The van der Waals surface area contributed by atoms with Crippen molar-refractivity contribution in [2.45, 2.75) is 44.9 Å². The number of aliphatic hydroxyl groups is 1. The number of hydrogen-bond donors (Lipinski definition) is 2. The predicted molar refractivity (Wildman–Crippen MR) is 103 cm³/mol. The first-order valence-electron chi connectivity index (χ1n) is 9.11. The molecule has 0 aliphatic heterocycles. The summed E-state index contributed by atoms with van der Waals surface area (Å²) in [6, 6.07) is 14.9. The quantitative estimate of drug-likeness (QED) is 0.614. The fourth-order valence-electron chi connectivity index (χ4n) is 3.11. The number of nitrogens with zero attached hydrogens (tertiary/aromatic N) is 1. The van der Waals surface area contributed by atoms with Gasteiger partial charge >= 0.3 is 0 Å². The standard InChI is InChI=1S/C22H25FN2O/c1-16(3-2-4-22(26)18-7-9-21(23)10-8-18)25-14-17-5-6-20-15-24-12-11-19(20)13-17/h5-13,15-16,22,25-26H,2-4,14H2,1H3/t16-,22+/m1/s1. The molecule has 0 aliphatic rings. The van der Waals surface area contributed by atoms with E-state index in [1.165, 1.54) is 23.1 Å². The number of aromatic nitrogens is 1. The van der Waals surface area contributed by atoms with Gasteiger partial charge in [0.25, 0.3) is 0 Å². The van der Waals surface area contributed by atoms with E-state index in [9.17, 15) is 9.50 Å². The number of hydrogen-bond acceptors (Lipinski definition) is 3. The van der Waals surface area contributed by atoms with Crippen molar-refractivity contribution >= 4 is 10.8 Å². The SMILES string of the molecule is C[C@H](CCC[C@H](O)c1ccc(F)cc1)NCc1ccc2cnccc2c1. The number of fused-ring (bicyclic) bond motifs is 1. The second-order valence-electron chi connectivity index (χ2n) is 6.84. The highest BCUT2D eigenvalue weighted by Crippen LogP contribution is 2.20. The maximum Gasteiger partial charge on any atom is 0.123 e. The molecule has 1 aromatic heterocycles. The Labute approximate surface area is 153 Å². The summed E-state index contributed by atoms with van der Waals surface area (Å²) in [6.07, 6.45) is 5.74.